The first-order valence-electron chi connectivity index (χ1n) is 4.64. The summed E-state index contributed by atoms with van der Waals surface area (Å²) in [5, 5.41) is 10.5. The summed E-state index contributed by atoms with van der Waals surface area (Å²) in [4.78, 5) is 10.9. The van der Waals surface area contributed by atoms with Crippen LogP contribution in [-0.4, -0.2) is 16.9 Å². The molecule has 0 aliphatic heterocycles. The Bertz CT molecular complexity index is 164. The molecule has 1 amide bonds. The molecule has 0 fully saturated rings. The molecule has 0 aromatic heterocycles. The molecule has 0 radical (unpaired) electrons. The van der Waals surface area contributed by atoms with Gasteiger partial charge in [0.2, 0.25) is 5.91 Å². The van der Waals surface area contributed by atoms with E-state index in [4.69, 9.17) is 5.26 Å². The Morgan fingerprint density at radius 1 is 1.43 bits per heavy atom. The number of unbranched alkanes of at least 4 members (excludes halogenated alkanes) is 3. The molecule has 0 aliphatic carbocycles. The van der Waals surface area contributed by atoms with E-state index in [0.29, 0.717) is 6.42 Å². The predicted octanol–water partition coefficient (Wildman–Crippen LogP) is 2.33. The van der Waals surface area contributed by atoms with Crippen LogP contribution in [0.4, 0.5) is 0 Å². The molecule has 0 heterocycles. The lowest BCUT2D eigenvalue weighted by Gasteiger charge is -2.00. The number of hydrogen-bond acceptors (Lipinski definition) is 4. The second-order valence-electron chi connectivity index (χ2n) is 2.83. The van der Waals surface area contributed by atoms with E-state index < -0.39 is 0 Å². The summed E-state index contributed by atoms with van der Waals surface area (Å²) in [5.41, 5.74) is 0. The quantitative estimate of drug-likeness (QED) is 0.270. The highest BCUT2D eigenvalue weighted by Gasteiger charge is 1.97. The zero-order valence-electron chi connectivity index (χ0n) is 8.20. The maximum absolute atomic E-state index is 10.9. The summed E-state index contributed by atoms with van der Waals surface area (Å²) < 4.78 is 3.86. The van der Waals surface area contributed by atoms with Crippen molar-refractivity contribution in [3.05, 3.63) is 12.8 Å². The normalized spacial score (nSPS) is 9.79. The molecule has 0 aromatic carbocycles. The van der Waals surface area contributed by atoms with Gasteiger partial charge >= 0.3 is 0 Å². The molecule has 5 heteroatoms. The van der Waals surface area contributed by atoms with Gasteiger partial charge in [0, 0.05) is 24.2 Å². The minimum Gasteiger partial charge on any atom is -0.333 e. The van der Waals surface area contributed by atoms with Crippen molar-refractivity contribution in [2.45, 2.75) is 32.1 Å². The molecule has 0 aromatic rings. The summed E-state index contributed by atoms with van der Waals surface area (Å²) in [5.74, 6) is 0.808. The van der Waals surface area contributed by atoms with Crippen molar-refractivity contribution in [2.75, 3.05) is 5.75 Å². The van der Waals surface area contributed by atoms with Crippen LogP contribution in [0.1, 0.15) is 32.1 Å². The van der Waals surface area contributed by atoms with Crippen molar-refractivity contribution >= 4 is 17.9 Å². The largest absolute Gasteiger partial charge is 0.333 e. The molecule has 0 atom stereocenters. The van der Waals surface area contributed by atoms with Gasteiger partial charge in [0.15, 0.2) is 0 Å². The number of carbonyl (C=O) groups is 1. The van der Waals surface area contributed by atoms with Crippen LogP contribution in [-0.2, 0) is 9.13 Å². The monoisotopic (exact) mass is 219 g/mol. The molecule has 14 heavy (non-hydrogen) atoms. The van der Waals surface area contributed by atoms with E-state index in [1.807, 2.05) is 0 Å². The summed E-state index contributed by atoms with van der Waals surface area (Å²) in [6.45, 7) is 3.41. The second-order valence-corrected chi connectivity index (χ2v) is 3.63. The minimum absolute atomic E-state index is 0.0214. The van der Waals surface area contributed by atoms with Gasteiger partial charge in [-0.3, -0.25) is 4.79 Å². The Balaban J connectivity index is 3.05. The summed E-state index contributed by atoms with van der Waals surface area (Å²) in [6, 6.07) is 0. The summed E-state index contributed by atoms with van der Waals surface area (Å²) in [7, 11) is 0. The first kappa shape index (κ1) is 13.5. The molecular weight excluding hydrogens is 202 g/mol. The first-order valence-corrected chi connectivity index (χ1v) is 5.55. The van der Waals surface area contributed by atoms with Gasteiger partial charge in [-0.05, 0) is 19.0 Å². The molecule has 4 nitrogen and oxygen atoms in total. The van der Waals surface area contributed by atoms with E-state index in [9.17, 15) is 4.79 Å². The number of carbonyl (C=O) groups excluding carboxylic acids is 1. The number of rotatable bonds is 9. The Kier molecular flexibility index (Phi) is 10.2. The lowest BCUT2D eigenvalue weighted by Crippen LogP contribution is -2.15. The van der Waals surface area contributed by atoms with Crippen molar-refractivity contribution < 1.29 is 14.4 Å². The van der Waals surface area contributed by atoms with Gasteiger partial charge in [0.25, 0.3) is 0 Å². The van der Waals surface area contributed by atoms with Gasteiger partial charge in [0.1, 0.15) is 0 Å². The first-order chi connectivity index (χ1) is 6.81. The van der Waals surface area contributed by atoms with Crippen LogP contribution in [0.25, 0.3) is 0 Å². The second kappa shape index (κ2) is 10.6. The third kappa shape index (κ3) is 9.57. The fraction of sp³-hybridized carbons (Fsp3) is 0.667. The minimum atomic E-state index is 0.0214. The van der Waals surface area contributed by atoms with Crippen LogP contribution in [0.3, 0.4) is 0 Å². The SMILES string of the molecule is C=CNC(=O)CCCCCCSOO. The molecular formula is C9H17NO3S. The van der Waals surface area contributed by atoms with Crippen LogP contribution in [0, 0.1) is 0 Å². The lowest BCUT2D eigenvalue weighted by molar-refractivity contribution is -0.120. The van der Waals surface area contributed by atoms with E-state index in [1.54, 1.807) is 0 Å². The van der Waals surface area contributed by atoms with E-state index >= 15 is 0 Å². The molecule has 0 spiro atoms. The zero-order valence-corrected chi connectivity index (χ0v) is 9.02. The van der Waals surface area contributed by atoms with Gasteiger partial charge in [0.05, 0.1) is 0 Å². The van der Waals surface area contributed by atoms with Gasteiger partial charge < -0.3 is 5.32 Å². The molecule has 2 N–H and O–H groups in total. The molecule has 0 saturated heterocycles. The van der Waals surface area contributed by atoms with Crippen molar-refractivity contribution in [1.29, 1.82) is 0 Å². The van der Waals surface area contributed by atoms with Crippen LogP contribution < -0.4 is 5.32 Å². The number of hydrogen-bond donors (Lipinski definition) is 2. The van der Waals surface area contributed by atoms with Crippen molar-refractivity contribution in [1.82, 2.24) is 5.32 Å². The van der Waals surface area contributed by atoms with Crippen LogP contribution in [0.5, 0.6) is 0 Å². The predicted molar refractivity (Wildman–Crippen MR) is 57.6 cm³/mol. The maximum atomic E-state index is 10.9. The topological polar surface area (TPSA) is 58.6 Å². The van der Waals surface area contributed by atoms with Crippen molar-refractivity contribution in [3.8, 4) is 0 Å². The molecule has 0 aliphatic rings. The standard InChI is InChI=1S/C9H17NO3S/c1-2-10-9(11)7-5-3-4-6-8-14-13-12/h2,12H,1,3-8H2,(H,10,11). The smallest absolute Gasteiger partial charge is 0.223 e. The van der Waals surface area contributed by atoms with Gasteiger partial charge in [-0.15, -0.1) is 0 Å². The fourth-order valence-corrected chi connectivity index (χ4v) is 1.42. The third-order valence-electron chi connectivity index (χ3n) is 1.70. The highest BCUT2D eigenvalue weighted by Crippen LogP contribution is 2.08. The molecule has 0 unspecified atom stereocenters. The van der Waals surface area contributed by atoms with Crippen LogP contribution in [0.2, 0.25) is 0 Å². The molecule has 82 valence electrons. The number of nitrogens with one attached hydrogen (secondary N) is 1. The van der Waals surface area contributed by atoms with Crippen molar-refractivity contribution in [3.63, 3.8) is 0 Å². The van der Waals surface area contributed by atoms with E-state index in [-0.39, 0.29) is 5.91 Å². The maximum Gasteiger partial charge on any atom is 0.223 e. The lowest BCUT2D eigenvalue weighted by atomic mass is 10.1. The zero-order chi connectivity index (χ0) is 10.6. The molecule has 0 bridgehead atoms. The van der Waals surface area contributed by atoms with E-state index in [0.717, 1.165) is 43.5 Å². The Labute approximate surface area is 88.8 Å². The highest BCUT2D eigenvalue weighted by molar-refractivity contribution is 7.94. The number of amides is 1. The van der Waals surface area contributed by atoms with Gasteiger partial charge in [-0.25, -0.2) is 5.26 Å². The van der Waals surface area contributed by atoms with Crippen molar-refractivity contribution in [2.24, 2.45) is 0 Å². The van der Waals surface area contributed by atoms with Crippen LogP contribution in [0.15, 0.2) is 12.8 Å². The average Bonchev–Trinajstić information content (AvgIpc) is 2.17. The van der Waals surface area contributed by atoms with Gasteiger partial charge in [-0.2, -0.15) is 4.33 Å². The molecule has 0 rings (SSSR count). The Hall–Kier alpha value is -0.520. The summed E-state index contributed by atoms with van der Waals surface area (Å²) >= 11 is 1.04. The van der Waals surface area contributed by atoms with E-state index in [1.165, 1.54) is 6.20 Å². The van der Waals surface area contributed by atoms with E-state index in [2.05, 4.69) is 16.2 Å². The summed E-state index contributed by atoms with van der Waals surface area (Å²) in [6.07, 6.45) is 5.92. The average molecular weight is 219 g/mol. The third-order valence-corrected chi connectivity index (χ3v) is 2.26. The Morgan fingerprint density at radius 3 is 2.79 bits per heavy atom. The molecule has 0 saturated carbocycles. The highest BCUT2D eigenvalue weighted by atomic mass is 32.2. The van der Waals surface area contributed by atoms with Crippen LogP contribution >= 0.6 is 12.0 Å². The fourth-order valence-electron chi connectivity index (χ4n) is 1.02. The van der Waals surface area contributed by atoms with Gasteiger partial charge in [-0.1, -0.05) is 19.4 Å². The Morgan fingerprint density at radius 2 is 2.14 bits per heavy atom.